The molecule has 1 fully saturated rings. The second-order valence-electron chi connectivity index (χ2n) is 5.92. The van der Waals surface area contributed by atoms with Crippen molar-refractivity contribution in [3.05, 3.63) is 29.8 Å². The van der Waals surface area contributed by atoms with Gasteiger partial charge in [0.15, 0.2) is 0 Å². The first-order chi connectivity index (χ1) is 10.1. The molecule has 1 amide bonds. The van der Waals surface area contributed by atoms with E-state index in [0.29, 0.717) is 25.5 Å². The Labute approximate surface area is 127 Å². The zero-order chi connectivity index (χ0) is 15.1. The van der Waals surface area contributed by atoms with E-state index in [9.17, 15) is 4.79 Å². The van der Waals surface area contributed by atoms with Gasteiger partial charge in [-0.3, -0.25) is 4.79 Å². The first-order valence-corrected chi connectivity index (χ1v) is 7.92. The van der Waals surface area contributed by atoms with Crippen molar-refractivity contribution in [1.29, 1.82) is 0 Å². The third-order valence-electron chi connectivity index (χ3n) is 3.87. The molecule has 1 aromatic carbocycles. The standard InChI is InChI=1S/C17H26N2O2/c1-13(18)10-11-17(20)19-12-14-6-2-5-9-16(14)21-15-7-3-4-8-15/h2,5-6,9,13,15H,3-4,7-8,10-12,18H2,1H3,(H,19,20). The van der Waals surface area contributed by atoms with Gasteiger partial charge in [-0.05, 0) is 45.1 Å². The summed E-state index contributed by atoms with van der Waals surface area (Å²) in [6.45, 7) is 2.43. The van der Waals surface area contributed by atoms with Crippen LogP contribution in [0.15, 0.2) is 24.3 Å². The number of carbonyl (C=O) groups is 1. The maximum absolute atomic E-state index is 11.8. The van der Waals surface area contributed by atoms with Crippen molar-refractivity contribution in [2.45, 2.75) is 64.1 Å². The minimum Gasteiger partial charge on any atom is -0.490 e. The molecule has 1 aromatic rings. The van der Waals surface area contributed by atoms with E-state index < -0.39 is 0 Å². The van der Waals surface area contributed by atoms with Gasteiger partial charge in [-0.2, -0.15) is 0 Å². The fourth-order valence-corrected chi connectivity index (χ4v) is 2.59. The maximum atomic E-state index is 11.8. The van der Waals surface area contributed by atoms with Crippen LogP contribution in [0.4, 0.5) is 0 Å². The summed E-state index contributed by atoms with van der Waals surface area (Å²) in [5, 5.41) is 2.95. The molecule has 1 aliphatic rings. The quantitative estimate of drug-likeness (QED) is 0.811. The van der Waals surface area contributed by atoms with Gasteiger partial charge in [-0.1, -0.05) is 18.2 Å². The summed E-state index contributed by atoms with van der Waals surface area (Å²) in [7, 11) is 0. The van der Waals surface area contributed by atoms with Crippen LogP contribution in [-0.2, 0) is 11.3 Å². The third kappa shape index (κ3) is 5.38. The lowest BCUT2D eigenvalue weighted by Gasteiger charge is -2.17. The summed E-state index contributed by atoms with van der Waals surface area (Å²) in [5.74, 6) is 0.944. The van der Waals surface area contributed by atoms with Crippen LogP contribution in [0.5, 0.6) is 5.75 Å². The Morgan fingerprint density at radius 3 is 2.81 bits per heavy atom. The molecule has 4 heteroatoms. The van der Waals surface area contributed by atoms with Gasteiger partial charge < -0.3 is 15.8 Å². The van der Waals surface area contributed by atoms with Gasteiger partial charge in [0.1, 0.15) is 5.75 Å². The molecule has 0 saturated heterocycles. The van der Waals surface area contributed by atoms with Gasteiger partial charge in [0.2, 0.25) is 5.91 Å². The molecule has 0 heterocycles. The van der Waals surface area contributed by atoms with Crippen molar-refractivity contribution in [3.8, 4) is 5.75 Å². The van der Waals surface area contributed by atoms with E-state index in [1.54, 1.807) is 0 Å². The number of hydrogen-bond acceptors (Lipinski definition) is 3. The highest BCUT2D eigenvalue weighted by molar-refractivity contribution is 5.75. The van der Waals surface area contributed by atoms with Gasteiger partial charge in [0, 0.05) is 24.6 Å². The molecule has 0 bridgehead atoms. The predicted octanol–water partition coefficient (Wildman–Crippen LogP) is 2.75. The second-order valence-corrected chi connectivity index (χ2v) is 5.92. The Morgan fingerprint density at radius 2 is 2.10 bits per heavy atom. The van der Waals surface area contributed by atoms with E-state index >= 15 is 0 Å². The average molecular weight is 290 g/mol. The SMILES string of the molecule is CC(N)CCC(=O)NCc1ccccc1OC1CCCC1. The minimum atomic E-state index is 0.0444. The molecule has 0 spiro atoms. The lowest BCUT2D eigenvalue weighted by atomic mass is 10.1. The summed E-state index contributed by atoms with van der Waals surface area (Å²) in [5.41, 5.74) is 6.70. The topological polar surface area (TPSA) is 64.4 Å². The number of ether oxygens (including phenoxy) is 1. The van der Waals surface area contributed by atoms with Gasteiger partial charge in [-0.25, -0.2) is 0 Å². The van der Waals surface area contributed by atoms with Crippen LogP contribution in [0.25, 0.3) is 0 Å². The largest absolute Gasteiger partial charge is 0.490 e. The fourth-order valence-electron chi connectivity index (χ4n) is 2.59. The molecular weight excluding hydrogens is 264 g/mol. The molecule has 1 aliphatic carbocycles. The second kappa shape index (κ2) is 8.03. The molecule has 1 atom stereocenters. The Bertz CT molecular complexity index is 454. The molecule has 1 saturated carbocycles. The third-order valence-corrected chi connectivity index (χ3v) is 3.87. The lowest BCUT2D eigenvalue weighted by Crippen LogP contribution is -2.25. The van der Waals surface area contributed by atoms with E-state index in [4.69, 9.17) is 10.5 Å². The molecule has 0 aliphatic heterocycles. The smallest absolute Gasteiger partial charge is 0.220 e. The first-order valence-electron chi connectivity index (χ1n) is 7.92. The number of benzene rings is 1. The minimum absolute atomic E-state index is 0.0444. The van der Waals surface area contributed by atoms with E-state index in [1.807, 2.05) is 31.2 Å². The Morgan fingerprint density at radius 1 is 1.38 bits per heavy atom. The summed E-state index contributed by atoms with van der Waals surface area (Å²) in [6.07, 6.45) is 6.29. The summed E-state index contributed by atoms with van der Waals surface area (Å²) < 4.78 is 6.07. The van der Waals surface area contributed by atoms with Crippen molar-refractivity contribution in [2.24, 2.45) is 5.73 Å². The van der Waals surface area contributed by atoms with Crippen molar-refractivity contribution in [2.75, 3.05) is 0 Å². The molecule has 116 valence electrons. The Balaban J connectivity index is 1.85. The Kier molecular flexibility index (Phi) is 6.05. The Hall–Kier alpha value is -1.55. The number of carbonyl (C=O) groups excluding carboxylic acids is 1. The highest BCUT2D eigenvalue weighted by atomic mass is 16.5. The van der Waals surface area contributed by atoms with Crippen LogP contribution >= 0.6 is 0 Å². The monoisotopic (exact) mass is 290 g/mol. The first kappa shape index (κ1) is 15.8. The number of rotatable bonds is 7. The van der Waals surface area contributed by atoms with Crippen LogP contribution in [0.2, 0.25) is 0 Å². The molecule has 0 radical (unpaired) electrons. The van der Waals surface area contributed by atoms with E-state index in [1.165, 1.54) is 12.8 Å². The lowest BCUT2D eigenvalue weighted by molar-refractivity contribution is -0.121. The van der Waals surface area contributed by atoms with Crippen molar-refractivity contribution >= 4 is 5.91 Å². The van der Waals surface area contributed by atoms with Crippen molar-refractivity contribution in [3.63, 3.8) is 0 Å². The summed E-state index contributed by atoms with van der Waals surface area (Å²) in [4.78, 5) is 11.8. The van der Waals surface area contributed by atoms with Crippen LogP contribution in [0, 0.1) is 0 Å². The molecular formula is C17H26N2O2. The highest BCUT2D eigenvalue weighted by Gasteiger charge is 2.17. The number of nitrogens with two attached hydrogens (primary N) is 1. The number of para-hydroxylation sites is 1. The van der Waals surface area contributed by atoms with Gasteiger partial charge >= 0.3 is 0 Å². The summed E-state index contributed by atoms with van der Waals surface area (Å²) in [6, 6.07) is 8.02. The zero-order valence-electron chi connectivity index (χ0n) is 12.8. The van der Waals surface area contributed by atoms with Crippen LogP contribution in [0.3, 0.4) is 0 Å². The van der Waals surface area contributed by atoms with Crippen LogP contribution in [-0.4, -0.2) is 18.1 Å². The highest BCUT2D eigenvalue weighted by Crippen LogP contribution is 2.26. The fraction of sp³-hybridized carbons (Fsp3) is 0.588. The molecule has 2 rings (SSSR count). The molecule has 4 nitrogen and oxygen atoms in total. The normalized spacial score (nSPS) is 16.7. The number of nitrogens with one attached hydrogen (secondary N) is 1. The van der Waals surface area contributed by atoms with E-state index in [2.05, 4.69) is 5.32 Å². The van der Waals surface area contributed by atoms with Gasteiger partial charge in [-0.15, -0.1) is 0 Å². The number of hydrogen-bond donors (Lipinski definition) is 2. The zero-order valence-corrected chi connectivity index (χ0v) is 12.8. The van der Waals surface area contributed by atoms with E-state index in [0.717, 1.165) is 24.2 Å². The number of amides is 1. The molecule has 1 unspecified atom stereocenters. The van der Waals surface area contributed by atoms with Crippen LogP contribution in [0.1, 0.15) is 51.0 Å². The van der Waals surface area contributed by atoms with E-state index in [-0.39, 0.29) is 11.9 Å². The summed E-state index contributed by atoms with van der Waals surface area (Å²) >= 11 is 0. The van der Waals surface area contributed by atoms with Crippen molar-refractivity contribution < 1.29 is 9.53 Å². The average Bonchev–Trinajstić information content (AvgIpc) is 2.97. The molecule has 3 N–H and O–H groups in total. The van der Waals surface area contributed by atoms with Gasteiger partial charge in [0.05, 0.1) is 6.10 Å². The van der Waals surface area contributed by atoms with Crippen LogP contribution < -0.4 is 15.8 Å². The predicted molar refractivity (Wildman–Crippen MR) is 84.1 cm³/mol. The van der Waals surface area contributed by atoms with Gasteiger partial charge in [0.25, 0.3) is 0 Å². The van der Waals surface area contributed by atoms with Crippen molar-refractivity contribution in [1.82, 2.24) is 5.32 Å². The molecule has 0 aromatic heterocycles. The maximum Gasteiger partial charge on any atom is 0.220 e. The molecule has 21 heavy (non-hydrogen) atoms.